The number of nitrogens with zero attached hydrogens (tertiary/aromatic N) is 4. The van der Waals surface area contributed by atoms with E-state index in [2.05, 4.69) is 64.1 Å². The number of methoxy groups -OCH3 is 1. The number of aromatic nitrogens is 1. The largest absolute Gasteiger partial charge is 0.453 e. The first-order valence-corrected chi connectivity index (χ1v) is 20.2. The van der Waals surface area contributed by atoms with Gasteiger partial charge in [0.1, 0.15) is 11.0 Å². The van der Waals surface area contributed by atoms with Gasteiger partial charge in [-0.2, -0.15) is 0 Å². The van der Waals surface area contributed by atoms with Gasteiger partial charge in [0.2, 0.25) is 11.8 Å². The molecule has 4 heterocycles. The Kier molecular flexibility index (Phi) is 10.3. The minimum Gasteiger partial charge on any atom is -0.453 e. The number of carbonyl (C=O) groups excluding carboxylic acids is 3. The Labute approximate surface area is 320 Å². The summed E-state index contributed by atoms with van der Waals surface area (Å²) in [7, 11) is 1.31. The molecule has 8 rings (SSSR count). The topological polar surface area (TPSA) is 125 Å². The molecule has 11 heteroatoms. The van der Waals surface area contributed by atoms with Gasteiger partial charge < -0.3 is 20.3 Å². The third-order valence-corrected chi connectivity index (χ3v) is 13.0. The van der Waals surface area contributed by atoms with Crippen LogP contribution in [0.2, 0.25) is 0 Å². The Morgan fingerprint density at radius 3 is 2.13 bits per heavy atom. The minimum atomic E-state index is -0.644. The van der Waals surface area contributed by atoms with E-state index in [1.807, 2.05) is 36.5 Å². The van der Waals surface area contributed by atoms with Crippen LogP contribution in [-0.2, 0) is 20.9 Å². The van der Waals surface area contributed by atoms with Crippen LogP contribution in [0.3, 0.4) is 0 Å². The molecule has 3 fully saturated rings. The zero-order valence-corrected chi connectivity index (χ0v) is 32.0. The molecule has 2 N–H and O–H groups in total. The number of likely N-dealkylation sites (tertiary alicyclic amines) is 1. The molecule has 2 aliphatic carbocycles. The molecule has 3 unspecified atom stereocenters. The van der Waals surface area contributed by atoms with Gasteiger partial charge in [-0.1, -0.05) is 62.4 Å². The van der Waals surface area contributed by atoms with Crippen LogP contribution in [-0.4, -0.2) is 65.0 Å². The van der Waals surface area contributed by atoms with Crippen LogP contribution in [0, 0.1) is 29.6 Å². The summed E-state index contributed by atoms with van der Waals surface area (Å²) in [6.45, 7) is 5.00. The predicted molar refractivity (Wildman–Crippen MR) is 213 cm³/mol. The highest BCUT2D eigenvalue weighted by Gasteiger charge is 2.52. The maximum Gasteiger partial charge on any atom is 0.407 e. The smallest absolute Gasteiger partial charge is 0.407 e. The fourth-order valence-corrected chi connectivity index (χ4v) is 9.99. The van der Waals surface area contributed by atoms with Gasteiger partial charge in [0.15, 0.2) is 0 Å². The molecule has 0 spiro atoms. The first kappa shape index (κ1) is 36.1. The van der Waals surface area contributed by atoms with Crippen LogP contribution in [0.5, 0.6) is 0 Å². The molecule has 2 aromatic carbocycles. The molecule has 0 radical (unpaired) electrons. The molecular formula is C43H48N6O4S. The number of aliphatic imine (C=N–C) groups is 2. The van der Waals surface area contributed by atoms with Crippen LogP contribution >= 0.6 is 11.3 Å². The van der Waals surface area contributed by atoms with E-state index in [-0.39, 0.29) is 35.6 Å². The number of rotatable bonds is 11. The normalized spacial score (nSPS) is 25.0. The van der Waals surface area contributed by atoms with Crippen molar-refractivity contribution < 1.29 is 19.1 Å². The lowest BCUT2D eigenvalue weighted by Gasteiger charge is -2.31. The third-order valence-electron chi connectivity index (χ3n) is 12.2. The van der Waals surface area contributed by atoms with Crippen molar-refractivity contribution in [2.24, 2.45) is 39.6 Å². The zero-order chi connectivity index (χ0) is 37.3. The number of alkyl carbamates (subject to hydrolysis) is 1. The molecule has 6 atom stereocenters. The maximum absolute atomic E-state index is 13.6. The van der Waals surface area contributed by atoms with Gasteiger partial charge in [0.25, 0.3) is 0 Å². The summed E-state index contributed by atoms with van der Waals surface area (Å²) < 4.78 is 4.77. The molecule has 3 aliphatic heterocycles. The summed E-state index contributed by atoms with van der Waals surface area (Å²) >= 11 is 1.57. The second kappa shape index (κ2) is 15.5. The predicted octanol–water partition coefficient (Wildman–Crippen LogP) is 7.53. The van der Waals surface area contributed by atoms with Gasteiger partial charge in [0.05, 0.1) is 19.7 Å². The molecule has 10 nitrogen and oxygen atoms in total. The monoisotopic (exact) mass is 744 g/mol. The quantitative estimate of drug-likeness (QED) is 0.210. The summed E-state index contributed by atoms with van der Waals surface area (Å²) in [5.41, 5.74) is 9.09. The van der Waals surface area contributed by atoms with Crippen molar-refractivity contribution in [3.63, 3.8) is 0 Å². The summed E-state index contributed by atoms with van der Waals surface area (Å²) in [6, 6.07) is 16.6. The highest BCUT2D eigenvalue weighted by molar-refractivity contribution is 7.09. The standard InChI is InChI=1S/C43H48N6O4S/c1-25(2)40(48-43(52)53-3)42(51)49-17-4-5-36(49)34-20-32(22-45-34)28-10-6-26(7-11-28)27-8-12-29(13-9-27)33-21-35(46-23-33)38-30-14-15-31(19-30)39(38)41(50)47-24-37-44-16-18-54-37/h6-13,16,18,22-23,25,30-31,36,38-40H,4-5,14-15,17,19-21,24H2,1-3H3,(H,47,50)(H,48,52)/t30?,31?,36-,38?,39+,40-/m0/s1. The van der Waals surface area contributed by atoms with Crippen molar-refractivity contribution in [1.82, 2.24) is 20.5 Å². The summed E-state index contributed by atoms with van der Waals surface area (Å²) in [5.74, 6) is 1.21. The number of thiazole rings is 1. The number of amides is 3. The van der Waals surface area contributed by atoms with E-state index in [1.54, 1.807) is 17.5 Å². The number of benzene rings is 2. The number of carbonyl (C=O) groups is 3. The van der Waals surface area contributed by atoms with Gasteiger partial charge >= 0.3 is 6.09 Å². The van der Waals surface area contributed by atoms with Crippen molar-refractivity contribution in [2.75, 3.05) is 13.7 Å². The van der Waals surface area contributed by atoms with E-state index >= 15 is 0 Å². The third kappa shape index (κ3) is 7.18. The van der Waals surface area contributed by atoms with Gasteiger partial charge in [-0.3, -0.25) is 19.6 Å². The zero-order valence-electron chi connectivity index (χ0n) is 31.2. The fraction of sp³-hybridized carbons (Fsp3) is 0.442. The van der Waals surface area contributed by atoms with Gasteiger partial charge in [0, 0.05) is 66.6 Å². The molecule has 1 saturated heterocycles. The van der Waals surface area contributed by atoms with Crippen molar-refractivity contribution >= 4 is 51.8 Å². The Bertz CT molecular complexity index is 2020. The van der Waals surface area contributed by atoms with Crippen LogP contribution in [0.1, 0.15) is 74.9 Å². The lowest BCUT2D eigenvalue weighted by Crippen LogP contribution is -2.53. The molecule has 2 saturated carbocycles. The average Bonchev–Trinajstić information content (AvgIpc) is 4.05. The van der Waals surface area contributed by atoms with E-state index in [1.165, 1.54) is 30.4 Å². The number of hydrogen-bond acceptors (Lipinski definition) is 8. The lowest BCUT2D eigenvalue weighted by atomic mass is 9.75. The molecule has 2 bridgehead atoms. The number of ether oxygens (including phenoxy) is 1. The molecule has 5 aliphatic rings. The summed E-state index contributed by atoms with van der Waals surface area (Å²) in [6.07, 6.45) is 11.9. The maximum atomic E-state index is 13.6. The van der Waals surface area contributed by atoms with E-state index in [0.29, 0.717) is 31.3 Å². The van der Waals surface area contributed by atoms with Crippen LogP contribution in [0.4, 0.5) is 4.79 Å². The summed E-state index contributed by atoms with van der Waals surface area (Å²) in [5, 5.41) is 8.79. The highest BCUT2D eigenvalue weighted by atomic mass is 32.1. The molecule has 3 amide bonds. The Morgan fingerprint density at radius 2 is 1.50 bits per heavy atom. The van der Waals surface area contributed by atoms with Gasteiger partial charge in [-0.25, -0.2) is 9.78 Å². The number of nitrogens with one attached hydrogen (secondary N) is 2. The van der Waals surface area contributed by atoms with Crippen molar-refractivity contribution in [3.8, 4) is 11.1 Å². The first-order chi connectivity index (χ1) is 26.3. The Hall–Kier alpha value is -4.90. The van der Waals surface area contributed by atoms with Crippen molar-refractivity contribution in [3.05, 3.63) is 88.6 Å². The molecule has 3 aromatic rings. The number of hydrogen-bond donors (Lipinski definition) is 2. The molecule has 1 aromatic heterocycles. The first-order valence-electron chi connectivity index (χ1n) is 19.3. The Balaban J connectivity index is 0.864. The second-order valence-corrected chi connectivity index (χ2v) is 16.6. The second-order valence-electron chi connectivity index (χ2n) is 15.6. The molecule has 280 valence electrons. The molecule has 54 heavy (non-hydrogen) atoms. The van der Waals surface area contributed by atoms with Crippen LogP contribution in [0.15, 0.2) is 82.5 Å². The fourth-order valence-electron chi connectivity index (χ4n) is 9.43. The summed E-state index contributed by atoms with van der Waals surface area (Å²) in [4.78, 5) is 54.9. The van der Waals surface area contributed by atoms with E-state index in [0.717, 1.165) is 65.1 Å². The SMILES string of the molecule is COC(=O)N[C@H](C(=O)N1CCC[C@H]1C1=NC=C(c2ccc(-c3ccc(C4=CN=C(C5C6CCC(C6)[C@H]5C(=O)NCc5nccs5)C4)cc3)cc2)C1)C(C)C. The average molecular weight is 745 g/mol. The highest BCUT2D eigenvalue weighted by Crippen LogP contribution is 2.54. The van der Waals surface area contributed by atoms with E-state index in [9.17, 15) is 14.4 Å². The van der Waals surface area contributed by atoms with Gasteiger partial charge in [-0.05, 0) is 83.3 Å². The Morgan fingerprint density at radius 1 is 0.870 bits per heavy atom. The minimum absolute atomic E-state index is 0.000339. The molecular weight excluding hydrogens is 697 g/mol. The van der Waals surface area contributed by atoms with Crippen molar-refractivity contribution in [1.29, 1.82) is 0 Å². The number of allylic oxidation sites excluding steroid dienone is 2. The van der Waals surface area contributed by atoms with E-state index in [4.69, 9.17) is 14.7 Å². The number of fused-ring (bicyclic) bond motifs is 2. The van der Waals surface area contributed by atoms with Crippen LogP contribution in [0.25, 0.3) is 22.3 Å². The van der Waals surface area contributed by atoms with Crippen LogP contribution < -0.4 is 10.6 Å². The lowest BCUT2D eigenvalue weighted by molar-refractivity contribution is -0.134. The van der Waals surface area contributed by atoms with E-state index < -0.39 is 12.1 Å². The van der Waals surface area contributed by atoms with Gasteiger partial charge in [-0.15, -0.1) is 11.3 Å². The van der Waals surface area contributed by atoms with Crippen molar-refractivity contribution in [2.45, 2.75) is 77.4 Å².